The van der Waals surface area contributed by atoms with Crippen LogP contribution in [0.5, 0.6) is 11.5 Å². The Hall–Kier alpha value is -2.47. The summed E-state index contributed by atoms with van der Waals surface area (Å²) in [5.74, 6) is 4.00. The van der Waals surface area contributed by atoms with Crippen molar-refractivity contribution in [2.24, 2.45) is 0 Å². The van der Waals surface area contributed by atoms with Crippen LogP contribution in [0, 0.1) is 0 Å². The van der Waals surface area contributed by atoms with E-state index in [0.717, 1.165) is 33.9 Å². The third-order valence-electron chi connectivity index (χ3n) is 4.52. The number of benzene rings is 2. The number of ether oxygens (including phenoxy) is 2. The van der Waals surface area contributed by atoms with Gasteiger partial charge in [0.05, 0.1) is 5.69 Å². The molecule has 5 rings (SSSR count). The first kappa shape index (κ1) is 15.8. The summed E-state index contributed by atoms with van der Waals surface area (Å²) in [4.78, 5) is 4.80. The van der Waals surface area contributed by atoms with Crippen LogP contribution < -0.4 is 9.47 Å². The molecule has 3 aromatic rings. The Morgan fingerprint density at radius 1 is 1.00 bits per heavy atom. The van der Waals surface area contributed by atoms with Gasteiger partial charge in [0.15, 0.2) is 11.5 Å². The molecule has 0 saturated heterocycles. The molecule has 1 fully saturated rings. The van der Waals surface area contributed by atoms with Crippen molar-refractivity contribution >= 4 is 11.8 Å². The van der Waals surface area contributed by atoms with Gasteiger partial charge in [0, 0.05) is 11.7 Å². The number of hydrogen-bond donors (Lipinski definition) is 0. The number of aromatic nitrogens is 3. The van der Waals surface area contributed by atoms with Crippen LogP contribution in [0.2, 0.25) is 0 Å². The maximum atomic E-state index is 6.03. The van der Waals surface area contributed by atoms with Gasteiger partial charge < -0.3 is 9.47 Å². The van der Waals surface area contributed by atoms with Crippen molar-refractivity contribution in [1.29, 1.82) is 0 Å². The number of fused-ring (bicyclic) bond motifs is 1. The zero-order valence-corrected chi connectivity index (χ0v) is 15.1. The highest BCUT2D eigenvalue weighted by atomic mass is 32.2. The number of thioether (sulfide) groups is 1. The molecule has 1 aromatic heterocycles. The fourth-order valence-corrected chi connectivity index (χ4v) is 3.84. The van der Waals surface area contributed by atoms with Crippen LogP contribution in [0.4, 0.5) is 0 Å². The Morgan fingerprint density at radius 3 is 2.58 bits per heavy atom. The molecule has 6 heteroatoms. The van der Waals surface area contributed by atoms with Crippen LogP contribution in [0.3, 0.4) is 0 Å². The van der Waals surface area contributed by atoms with Gasteiger partial charge in [-0.15, -0.1) is 5.10 Å². The van der Waals surface area contributed by atoms with Crippen LogP contribution in [0.15, 0.2) is 59.8 Å². The SMILES string of the molecule is c1ccc(-n2nc(SC[C@H]3COc4ccccc4O3)nc2C2CC2)cc1. The summed E-state index contributed by atoms with van der Waals surface area (Å²) in [6.07, 6.45) is 2.40. The number of para-hydroxylation sites is 3. The summed E-state index contributed by atoms with van der Waals surface area (Å²) >= 11 is 1.63. The van der Waals surface area contributed by atoms with Gasteiger partial charge in [-0.1, -0.05) is 42.1 Å². The average Bonchev–Trinajstić information content (AvgIpc) is 3.46. The molecule has 2 aromatic carbocycles. The lowest BCUT2D eigenvalue weighted by atomic mass is 10.3. The molecular weight excluding hydrogens is 346 g/mol. The molecule has 1 saturated carbocycles. The molecule has 132 valence electrons. The second kappa shape index (κ2) is 6.68. The van der Waals surface area contributed by atoms with E-state index in [1.807, 2.05) is 47.1 Å². The van der Waals surface area contributed by atoms with E-state index in [-0.39, 0.29) is 6.10 Å². The molecule has 2 aliphatic rings. The lowest BCUT2D eigenvalue weighted by Gasteiger charge is -2.25. The van der Waals surface area contributed by atoms with Gasteiger partial charge in [0.1, 0.15) is 18.5 Å². The Balaban J connectivity index is 1.31. The maximum Gasteiger partial charge on any atom is 0.209 e. The summed E-state index contributed by atoms with van der Waals surface area (Å²) < 4.78 is 13.8. The summed E-state index contributed by atoms with van der Waals surface area (Å²) in [5.41, 5.74) is 1.07. The lowest BCUT2D eigenvalue weighted by molar-refractivity contribution is 0.107. The smallest absolute Gasteiger partial charge is 0.209 e. The highest BCUT2D eigenvalue weighted by Gasteiger charge is 2.31. The fourth-order valence-electron chi connectivity index (χ4n) is 3.04. The quantitative estimate of drug-likeness (QED) is 0.638. The van der Waals surface area contributed by atoms with Gasteiger partial charge in [-0.3, -0.25) is 0 Å². The molecule has 0 bridgehead atoms. The second-order valence-electron chi connectivity index (χ2n) is 6.58. The molecule has 26 heavy (non-hydrogen) atoms. The summed E-state index contributed by atoms with van der Waals surface area (Å²) in [6.45, 7) is 0.554. The van der Waals surface area contributed by atoms with E-state index in [9.17, 15) is 0 Å². The first-order valence-corrected chi connectivity index (χ1v) is 9.89. The van der Waals surface area contributed by atoms with Crippen LogP contribution in [-0.4, -0.2) is 33.2 Å². The first-order valence-electron chi connectivity index (χ1n) is 8.90. The molecule has 2 heterocycles. The van der Waals surface area contributed by atoms with E-state index < -0.39 is 0 Å². The largest absolute Gasteiger partial charge is 0.486 e. The van der Waals surface area contributed by atoms with Crippen molar-refractivity contribution in [3.8, 4) is 17.2 Å². The van der Waals surface area contributed by atoms with Gasteiger partial charge in [-0.25, -0.2) is 9.67 Å². The molecule has 1 aliphatic carbocycles. The summed E-state index contributed by atoms with van der Waals surface area (Å²) in [5, 5.41) is 5.55. The van der Waals surface area contributed by atoms with Gasteiger partial charge >= 0.3 is 0 Å². The second-order valence-corrected chi connectivity index (χ2v) is 7.57. The highest BCUT2D eigenvalue weighted by Crippen LogP contribution is 2.40. The minimum Gasteiger partial charge on any atom is -0.486 e. The Bertz CT molecular complexity index is 908. The van der Waals surface area contributed by atoms with Crippen LogP contribution in [-0.2, 0) is 0 Å². The standard InChI is InChI=1S/C20H19N3O2S/c1-2-6-15(7-3-1)23-19(14-10-11-14)21-20(22-23)26-13-16-12-24-17-8-4-5-9-18(17)25-16/h1-9,14,16H,10-13H2/t16-/m1/s1. The molecular formula is C20H19N3O2S. The third kappa shape index (κ3) is 3.17. The molecule has 1 atom stereocenters. The van der Waals surface area contributed by atoms with Gasteiger partial charge in [0.25, 0.3) is 0 Å². The van der Waals surface area contributed by atoms with Crippen LogP contribution >= 0.6 is 11.8 Å². The minimum absolute atomic E-state index is 0.00273. The lowest BCUT2D eigenvalue weighted by Crippen LogP contribution is -2.31. The molecule has 1 aliphatic heterocycles. The molecule has 5 nitrogen and oxygen atoms in total. The predicted octanol–water partition coefficient (Wildman–Crippen LogP) is 4.08. The van der Waals surface area contributed by atoms with Crippen LogP contribution in [0.1, 0.15) is 24.6 Å². The van der Waals surface area contributed by atoms with E-state index in [2.05, 4.69) is 12.1 Å². The number of rotatable bonds is 5. The van der Waals surface area contributed by atoms with Gasteiger partial charge in [0.2, 0.25) is 5.16 Å². The predicted molar refractivity (Wildman–Crippen MR) is 100 cm³/mol. The van der Waals surface area contributed by atoms with Crippen molar-refractivity contribution in [3.63, 3.8) is 0 Å². The zero-order chi connectivity index (χ0) is 17.3. The van der Waals surface area contributed by atoms with Gasteiger partial charge in [-0.2, -0.15) is 0 Å². The number of nitrogens with zero attached hydrogens (tertiary/aromatic N) is 3. The highest BCUT2D eigenvalue weighted by molar-refractivity contribution is 7.99. The van der Waals surface area contributed by atoms with Crippen molar-refractivity contribution in [3.05, 3.63) is 60.4 Å². The molecule has 0 spiro atoms. The fraction of sp³-hybridized carbons (Fsp3) is 0.300. The van der Waals surface area contributed by atoms with E-state index in [0.29, 0.717) is 12.5 Å². The van der Waals surface area contributed by atoms with Crippen molar-refractivity contribution < 1.29 is 9.47 Å². The van der Waals surface area contributed by atoms with E-state index in [1.54, 1.807) is 11.8 Å². The van der Waals surface area contributed by atoms with Crippen molar-refractivity contribution in [2.45, 2.75) is 30.0 Å². The van der Waals surface area contributed by atoms with E-state index in [1.165, 1.54) is 12.8 Å². The average molecular weight is 365 g/mol. The zero-order valence-electron chi connectivity index (χ0n) is 14.2. The molecule has 0 radical (unpaired) electrons. The summed E-state index contributed by atoms with van der Waals surface area (Å²) in [6, 6.07) is 18.0. The normalized spacial score (nSPS) is 18.7. The monoisotopic (exact) mass is 365 g/mol. The molecule has 0 amide bonds. The minimum atomic E-state index is 0.00273. The maximum absolute atomic E-state index is 6.03. The van der Waals surface area contributed by atoms with E-state index >= 15 is 0 Å². The van der Waals surface area contributed by atoms with Crippen molar-refractivity contribution in [2.75, 3.05) is 12.4 Å². The molecule has 0 N–H and O–H groups in total. The van der Waals surface area contributed by atoms with Crippen molar-refractivity contribution in [1.82, 2.24) is 14.8 Å². The van der Waals surface area contributed by atoms with E-state index in [4.69, 9.17) is 19.6 Å². The van der Waals surface area contributed by atoms with Crippen LogP contribution in [0.25, 0.3) is 5.69 Å². The van der Waals surface area contributed by atoms with Gasteiger partial charge in [-0.05, 0) is 37.1 Å². The Morgan fingerprint density at radius 2 is 1.77 bits per heavy atom. The third-order valence-corrected chi connectivity index (χ3v) is 5.49. The topological polar surface area (TPSA) is 49.2 Å². The first-order chi connectivity index (χ1) is 12.9. The molecule has 0 unspecified atom stereocenters. The summed E-state index contributed by atoms with van der Waals surface area (Å²) in [7, 11) is 0. The number of hydrogen-bond acceptors (Lipinski definition) is 5. The Kier molecular flexibility index (Phi) is 4.05. The Labute approximate surface area is 156 Å².